The summed E-state index contributed by atoms with van der Waals surface area (Å²) in [5.74, 6) is -0.829. The predicted octanol–water partition coefficient (Wildman–Crippen LogP) is 0.475. The zero-order valence-corrected chi connectivity index (χ0v) is 11.0. The van der Waals surface area contributed by atoms with Crippen molar-refractivity contribution in [1.82, 2.24) is 0 Å². The van der Waals surface area contributed by atoms with Crippen molar-refractivity contribution >= 4 is 21.5 Å². The molecule has 7 heteroatoms. The highest BCUT2D eigenvalue weighted by Gasteiger charge is 2.18. The van der Waals surface area contributed by atoms with Gasteiger partial charge in [0.25, 0.3) is 0 Å². The number of esters is 1. The molecule has 0 atom stereocenters. The number of hydrogen-bond acceptors (Lipinski definition) is 6. The van der Waals surface area contributed by atoms with Gasteiger partial charge in [0, 0.05) is 12.8 Å². The van der Waals surface area contributed by atoms with E-state index >= 15 is 0 Å². The van der Waals surface area contributed by atoms with E-state index in [0.29, 0.717) is 0 Å². The number of ether oxygens (including phenoxy) is 2. The third-order valence-corrected chi connectivity index (χ3v) is 4.02. The molecule has 0 aliphatic rings. The van der Waals surface area contributed by atoms with Crippen LogP contribution in [0.15, 0.2) is 23.1 Å². The highest BCUT2D eigenvalue weighted by atomic mass is 32.2. The summed E-state index contributed by atoms with van der Waals surface area (Å²) in [6.45, 7) is 0.0836. The molecule has 0 heterocycles. The molecule has 0 fully saturated rings. The van der Waals surface area contributed by atoms with Crippen molar-refractivity contribution in [3.8, 4) is 0 Å². The Kier molecular flexibility index (Phi) is 4.69. The highest BCUT2D eigenvalue weighted by Crippen LogP contribution is 2.19. The fraction of sp³-hybridized carbons (Fsp3) is 0.364. The molecule has 0 aromatic heterocycles. The van der Waals surface area contributed by atoms with Crippen molar-refractivity contribution in [1.29, 1.82) is 0 Å². The predicted molar refractivity (Wildman–Crippen MR) is 66.1 cm³/mol. The van der Waals surface area contributed by atoms with Gasteiger partial charge in [-0.2, -0.15) is 0 Å². The number of benzene rings is 1. The van der Waals surface area contributed by atoms with Crippen LogP contribution < -0.4 is 5.73 Å². The zero-order chi connectivity index (χ0) is 13.8. The summed E-state index contributed by atoms with van der Waals surface area (Å²) in [4.78, 5) is 11.4. The monoisotopic (exact) mass is 273 g/mol. The van der Waals surface area contributed by atoms with Crippen molar-refractivity contribution in [3.63, 3.8) is 0 Å². The summed E-state index contributed by atoms with van der Waals surface area (Å²) >= 11 is 0. The molecule has 0 unspecified atom stereocenters. The van der Waals surface area contributed by atoms with Gasteiger partial charge in [-0.05, 0) is 18.2 Å². The number of anilines is 1. The molecule has 0 amide bonds. The number of carbonyl (C=O) groups excluding carboxylic acids is 1. The van der Waals surface area contributed by atoms with E-state index in [1.165, 1.54) is 32.4 Å². The molecule has 1 aromatic carbocycles. The molecule has 0 aliphatic carbocycles. The topological polar surface area (TPSA) is 95.7 Å². The Balaban J connectivity index is 3.16. The molecule has 0 aliphatic heterocycles. The molecule has 0 spiro atoms. The lowest BCUT2D eigenvalue weighted by molar-refractivity contribution is 0.0601. The van der Waals surface area contributed by atoms with E-state index in [1.807, 2.05) is 0 Å². The second kappa shape index (κ2) is 5.83. The largest absolute Gasteiger partial charge is 0.465 e. The van der Waals surface area contributed by atoms with E-state index in [9.17, 15) is 13.2 Å². The number of methoxy groups -OCH3 is 2. The maximum absolute atomic E-state index is 11.9. The van der Waals surface area contributed by atoms with Gasteiger partial charge in [0.15, 0.2) is 9.84 Å². The van der Waals surface area contributed by atoms with E-state index in [1.54, 1.807) is 0 Å². The Labute approximate surface area is 106 Å². The SMILES string of the molecule is COCCS(=O)(=O)c1ccc(N)c(C(=O)OC)c1. The van der Waals surface area contributed by atoms with Gasteiger partial charge >= 0.3 is 5.97 Å². The van der Waals surface area contributed by atoms with E-state index in [4.69, 9.17) is 10.5 Å². The van der Waals surface area contributed by atoms with Gasteiger partial charge in [-0.3, -0.25) is 0 Å². The molecule has 1 aromatic rings. The second-order valence-corrected chi connectivity index (χ2v) is 5.66. The van der Waals surface area contributed by atoms with E-state index in [2.05, 4.69) is 4.74 Å². The maximum Gasteiger partial charge on any atom is 0.339 e. The quantitative estimate of drug-likeness (QED) is 0.619. The van der Waals surface area contributed by atoms with Crippen LogP contribution in [0.2, 0.25) is 0 Å². The fourth-order valence-corrected chi connectivity index (χ4v) is 2.52. The average molecular weight is 273 g/mol. The van der Waals surface area contributed by atoms with Gasteiger partial charge in [-0.15, -0.1) is 0 Å². The number of nitrogen functional groups attached to an aromatic ring is 1. The molecule has 1 rings (SSSR count). The van der Waals surface area contributed by atoms with Gasteiger partial charge in [-0.25, -0.2) is 13.2 Å². The van der Waals surface area contributed by atoms with Gasteiger partial charge in [0.2, 0.25) is 0 Å². The van der Waals surface area contributed by atoms with Crippen LogP contribution in [0.1, 0.15) is 10.4 Å². The molecule has 0 saturated carbocycles. The Hall–Kier alpha value is -1.60. The summed E-state index contributed by atoms with van der Waals surface area (Å²) in [6, 6.07) is 3.94. The lowest BCUT2D eigenvalue weighted by Gasteiger charge is -2.08. The third-order valence-electron chi connectivity index (χ3n) is 2.35. The van der Waals surface area contributed by atoms with Gasteiger partial charge in [-0.1, -0.05) is 0 Å². The second-order valence-electron chi connectivity index (χ2n) is 3.55. The van der Waals surface area contributed by atoms with Crippen LogP contribution in [-0.4, -0.2) is 41.0 Å². The first-order chi connectivity index (χ1) is 8.42. The number of nitrogens with two attached hydrogens (primary N) is 1. The van der Waals surface area contributed by atoms with Gasteiger partial charge in [0.05, 0.1) is 29.9 Å². The maximum atomic E-state index is 11.9. The number of carbonyl (C=O) groups is 1. The van der Waals surface area contributed by atoms with Crippen LogP contribution in [-0.2, 0) is 19.3 Å². The molecule has 18 heavy (non-hydrogen) atoms. The van der Waals surface area contributed by atoms with Crippen molar-refractivity contribution in [2.75, 3.05) is 32.3 Å². The van der Waals surface area contributed by atoms with Crippen molar-refractivity contribution in [3.05, 3.63) is 23.8 Å². The minimum absolute atomic E-state index is 0.0224. The first kappa shape index (κ1) is 14.5. The minimum Gasteiger partial charge on any atom is -0.465 e. The van der Waals surface area contributed by atoms with Crippen LogP contribution in [0.25, 0.3) is 0 Å². The Morgan fingerprint density at radius 2 is 2.00 bits per heavy atom. The van der Waals surface area contributed by atoms with Crippen molar-refractivity contribution < 1.29 is 22.7 Å². The summed E-state index contributed by atoms with van der Waals surface area (Å²) in [6.07, 6.45) is 0. The third kappa shape index (κ3) is 3.21. The van der Waals surface area contributed by atoms with Crippen LogP contribution in [0.5, 0.6) is 0 Å². The fourth-order valence-electron chi connectivity index (χ4n) is 1.33. The molecule has 100 valence electrons. The van der Waals surface area contributed by atoms with Crippen LogP contribution in [0.4, 0.5) is 5.69 Å². The molecule has 0 bridgehead atoms. The lowest BCUT2D eigenvalue weighted by atomic mass is 10.2. The van der Waals surface area contributed by atoms with Crippen molar-refractivity contribution in [2.24, 2.45) is 0 Å². The number of hydrogen-bond donors (Lipinski definition) is 1. The highest BCUT2D eigenvalue weighted by molar-refractivity contribution is 7.91. The molecule has 2 N–H and O–H groups in total. The molecular formula is C11H15NO5S. The first-order valence-corrected chi connectivity index (χ1v) is 6.77. The molecule has 6 nitrogen and oxygen atoms in total. The molecule has 0 saturated heterocycles. The van der Waals surface area contributed by atoms with Gasteiger partial charge in [0.1, 0.15) is 0 Å². The first-order valence-electron chi connectivity index (χ1n) is 5.12. The lowest BCUT2D eigenvalue weighted by Crippen LogP contribution is -2.13. The smallest absolute Gasteiger partial charge is 0.339 e. The van der Waals surface area contributed by atoms with E-state index in [-0.39, 0.29) is 28.5 Å². The van der Waals surface area contributed by atoms with Crippen molar-refractivity contribution in [2.45, 2.75) is 4.90 Å². The molecular weight excluding hydrogens is 258 g/mol. The number of rotatable bonds is 5. The molecule has 0 radical (unpaired) electrons. The average Bonchev–Trinajstić information content (AvgIpc) is 2.35. The van der Waals surface area contributed by atoms with E-state index < -0.39 is 15.8 Å². The van der Waals surface area contributed by atoms with E-state index in [0.717, 1.165) is 0 Å². The van der Waals surface area contributed by atoms with Gasteiger partial charge < -0.3 is 15.2 Å². The van der Waals surface area contributed by atoms with Crippen LogP contribution >= 0.6 is 0 Å². The Morgan fingerprint density at radius 1 is 1.33 bits per heavy atom. The summed E-state index contributed by atoms with van der Waals surface area (Å²) in [5.41, 5.74) is 5.80. The minimum atomic E-state index is -3.49. The Morgan fingerprint density at radius 3 is 2.56 bits per heavy atom. The van der Waals surface area contributed by atoms with Crippen LogP contribution in [0.3, 0.4) is 0 Å². The summed E-state index contributed by atoms with van der Waals surface area (Å²) in [5, 5.41) is 0. The van der Waals surface area contributed by atoms with Crippen LogP contribution in [0, 0.1) is 0 Å². The standard InChI is InChI=1S/C11H15NO5S/c1-16-5-6-18(14,15)8-3-4-10(12)9(7-8)11(13)17-2/h3-4,7H,5-6,12H2,1-2H3. The zero-order valence-electron chi connectivity index (χ0n) is 10.2. The number of sulfone groups is 1. The Bertz CT molecular complexity index is 538. The normalized spacial score (nSPS) is 11.2. The summed E-state index contributed by atoms with van der Waals surface area (Å²) in [7, 11) is -0.874. The summed E-state index contributed by atoms with van der Waals surface area (Å²) < 4.78 is 33.0.